The van der Waals surface area contributed by atoms with Crippen molar-refractivity contribution in [3.63, 3.8) is 0 Å². The maximum Gasteiger partial charge on any atom is 0.325 e. The number of aromatic nitrogens is 2. The summed E-state index contributed by atoms with van der Waals surface area (Å²) in [6.07, 6.45) is 2.66. The van der Waals surface area contributed by atoms with Crippen LogP contribution in [0.4, 0.5) is 5.82 Å². The highest BCUT2D eigenvalue weighted by Crippen LogP contribution is 2.20. The Morgan fingerprint density at radius 1 is 1.27 bits per heavy atom. The second-order valence-electron chi connectivity index (χ2n) is 5.19. The van der Waals surface area contributed by atoms with E-state index < -0.39 is 5.97 Å². The molecule has 0 saturated carbocycles. The molecule has 0 saturated heterocycles. The van der Waals surface area contributed by atoms with Gasteiger partial charge in [0.15, 0.2) is 5.82 Å². The monoisotopic (exact) mass is 301 g/mol. The molecule has 1 heterocycles. The van der Waals surface area contributed by atoms with Gasteiger partial charge in [0.25, 0.3) is 0 Å². The van der Waals surface area contributed by atoms with Gasteiger partial charge in [0.05, 0.1) is 0 Å². The molecule has 22 heavy (non-hydrogen) atoms. The van der Waals surface area contributed by atoms with Gasteiger partial charge in [0.1, 0.15) is 6.54 Å². The van der Waals surface area contributed by atoms with Crippen LogP contribution in [0.2, 0.25) is 0 Å². The molecule has 0 radical (unpaired) electrons. The first-order chi connectivity index (χ1) is 10.5. The zero-order valence-electron chi connectivity index (χ0n) is 12.4. The summed E-state index contributed by atoms with van der Waals surface area (Å²) in [6, 6.07) is 11.6. The summed E-state index contributed by atoms with van der Waals surface area (Å²) >= 11 is 0. The van der Waals surface area contributed by atoms with Gasteiger partial charge in [-0.3, -0.25) is 14.3 Å². The summed E-state index contributed by atoms with van der Waals surface area (Å²) in [5, 5.41) is 15.3. The van der Waals surface area contributed by atoms with Crippen LogP contribution in [0, 0.1) is 0 Å². The first-order valence-corrected chi connectivity index (χ1v) is 7.14. The molecule has 0 aliphatic heterocycles. The van der Waals surface area contributed by atoms with Crippen LogP contribution < -0.4 is 5.32 Å². The zero-order valence-corrected chi connectivity index (χ0v) is 12.4. The number of carboxylic acid groups (broad SMARTS) is 1. The van der Waals surface area contributed by atoms with E-state index in [0.717, 1.165) is 6.42 Å². The fourth-order valence-corrected chi connectivity index (χ4v) is 2.16. The molecule has 0 bridgehead atoms. The van der Waals surface area contributed by atoms with Crippen LogP contribution in [-0.2, 0) is 16.1 Å². The van der Waals surface area contributed by atoms with Crippen molar-refractivity contribution in [1.29, 1.82) is 0 Å². The zero-order chi connectivity index (χ0) is 15.9. The minimum absolute atomic E-state index is 0.122. The van der Waals surface area contributed by atoms with Crippen molar-refractivity contribution >= 4 is 17.7 Å². The van der Waals surface area contributed by atoms with Crippen LogP contribution in [-0.4, -0.2) is 26.8 Å². The van der Waals surface area contributed by atoms with E-state index in [4.69, 9.17) is 5.11 Å². The Morgan fingerprint density at radius 2 is 2.00 bits per heavy atom. The number of carbonyl (C=O) groups excluding carboxylic acids is 1. The molecule has 2 N–H and O–H groups in total. The van der Waals surface area contributed by atoms with E-state index in [2.05, 4.69) is 29.5 Å². The summed E-state index contributed by atoms with van der Waals surface area (Å²) < 4.78 is 1.27. The van der Waals surface area contributed by atoms with E-state index in [-0.39, 0.29) is 12.5 Å². The van der Waals surface area contributed by atoms with E-state index in [1.165, 1.54) is 16.4 Å². The summed E-state index contributed by atoms with van der Waals surface area (Å²) in [7, 11) is 0. The van der Waals surface area contributed by atoms with E-state index >= 15 is 0 Å². The molecule has 6 heteroatoms. The van der Waals surface area contributed by atoms with Crippen molar-refractivity contribution in [2.75, 3.05) is 5.32 Å². The lowest BCUT2D eigenvalue weighted by atomic mass is 9.96. The van der Waals surface area contributed by atoms with Crippen LogP contribution in [0.15, 0.2) is 42.6 Å². The quantitative estimate of drug-likeness (QED) is 0.823. The summed E-state index contributed by atoms with van der Waals surface area (Å²) in [5.74, 6) is -0.420. The van der Waals surface area contributed by atoms with Crippen LogP contribution in [0.1, 0.15) is 31.2 Å². The average Bonchev–Trinajstić information content (AvgIpc) is 2.92. The predicted octanol–water partition coefficient (Wildman–Crippen LogP) is 2.49. The maximum absolute atomic E-state index is 11.9. The predicted molar refractivity (Wildman–Crippen MR) is 82.6 cm³/mol. The molecule has 1 amide bonds. The van der Waals surface area contributed by atoms with Gasteiger partial charge in [-0.1, -0.05) is 37.3 Å². The van der Waals surface area contributed by atoms with Gasteiger partial charge in [-0.15, -0.1) is 0 Å². The van der Waals surface area contributed by atoms with Crippen LogP contribution >= 0.6 is 0 Å². The van der Waals surface area contributed by atoms with Crippen LogP contribution in [0.3, 0.4) is 0 Å². The molecule has 2 rings (SSSR count). The number of amides is 1. The molecule has 0 spiro atoms. The van der Waals surface area contributed by atoms with Gasteiger partial charge >= 0.3 is 5.97 Å². The number of hydrogen-bond acceptors (Lipinski definition) is 3. The molecule has 1 atom stereocenters. The first kappa shape index (κ1) is 15.8. The third-order valence-corrected chi connectivity index (χ3v) is 3.38. The Labute approximate surface area is 128 Å². The smallest absolute Gasteiger partial charge is 0.325 e. The Bertz CT molecular complexity index is 637. The molecule has 2 aromatic rings. The highest BCUT2D eigenvalue weighted by Gasteiger charge is 2.10. The fourth-order valence-electron chi connectivity index (χ4n) is 2.16. The van der Waals surface area contributed by atoms with Crippen molar-refractivity contribution in [2.45, 2.75) is 32.2 Å². The first-order valence-electron chi connectivity index (χ1n) is 7.14. The molecule has 0 aliphatic carbocycles. The number of nitrogens with one attached hydrogen (secondary N) is 1. The second kappa shape index (κ2) is 7.40. The molecule has 0 aliphatic rings. The van der Waals surface area contributed by atoms with Gasteiger partial charge in [0, 0.05) is 18.7 Å². The number of nitrogens with zero attached hydrogens (tertiary/aromatic N) is 2. The highest BCUT2D eigenvalue weighted by atomic mass is 16.4. The summed E-state index contributed by atoms with van der Waals surface area (Å²) in [5.41, 5.74) is 1.21. The number of carbonyl (C=O) groups is 2. The third-order valence-electron chi connectivity index (χ3n) is 3.38. The van der Waals surface area contributed by atoms with Gasteiger partial charge in [-0.25, -0.2) is 0 Å². The average molecular weight is 301 g/mol. The number of aliphatic carboxylic acids is 1. The number of benzene rings is 1. The van der Waals surface area contributed by atoms with E-state index in [0.29, 0.717) is 18.2 Å². The van der Waals surface area contributed by atoms with Crippen molar-refractivity contribution in [3.8, 4) is 0 Å². The van der Waals surface area contributed by atoms with Crippen LogP contribution in [0.25, 0.3) is 0 Å². The molecular weight excluding hydrogens is 282 g/mol. The number of rotatable bonds is 7. The summed E-state index contributed by atoms with van der Waals surface area (Å²) in [4.78, 5) is 22.5. The lowest BCUT2D eigenvalue weighted by Gasteiger charge is -2.11. The largest absolute Gasteiger partial charge is 0.480 e. The third kappa shape index (κ3) is 4.73. The van der Waals surface area contributed by atoms with Crippen LogP contribution in [0.5, 0.6) is 0 Å². The standard InChI is InChI=1S/C16H19N3O3/c1-12(13-5-3-2-4-6-13)7-8-15(20)17-14-9-10-19(18-14)11-16(21)22/h2-6,9-10,12H,7-8,11H2,1H3,(H,21,22)(H,17,18,20). The SMILES string of the molecule is CC(CCC(=O)Nc1ccn(CC(=O)O)n1)c1ccccc1. The van der Waals surface area contributed by atoms with Gasteiger partial charge < -0.3 is 10.4 Å². The Morgan fingerprint density at radius 3 is 2.68 bits per heavy atom. The number of hydrogen-bond donors (Lipinski definition) is 2. The molecule has 1 aromatic carbocycles. The molecule has 0 fully saturated rings. The van der Waals surface area contributed by atoms with Gasteiger partial charge in [-0.2, -0.15) is 5.10 Å². The minimum Gasteiger partial charge on any atom is -0.480 e. The van der Waals surface area contributed by atoms with E-state index in [1.807, 2.05) is 18.2 Å². The van der Waals surface area contributed by atoms with Crippen molar-refractivity contribution in [1.82, 2.24) is 9.78 Å². The topological polar surface area (TPSA) is 84.2 Å². The lowest BCUT2D eigenvalue weighted by Crippen LogP contribution is -2.14. The lowest BCUT2D eigenvalue weighted by molar-refractivity contribution is -0.137. The molecule has 6 nitrogen and oxygen atoms in total. The van der Waals surface area contributed by atoms with Crippen molar-refractivity contribution < 1.29 is 14.7 Å². The Kier molecular flexibility index (Phi) is 5.30. The normalized spacial score (nSPS) is 11.9. The van der Waals surface area contributed by atoms with Gasteiger partial charge in [-0.05, 0) is 17.9 Å². The Hall–Kier alpha value is -2.63. The van der Waals surface area contributed by atoms with E-state index in [9.17, 15) is 9.59 Å². The second-order valence-corrected chi connectivity index (χ2v) is 5.19. The molecular formula is C16H19N3O3. The van der Waals surface area contributed by atoms with Gasteiger partial charge in [0.2, 0.25) is 5.91 Å². The maximum atomic E-state index is 11.9. The number of anilines is 1. The van der Waals surface area contributed by atoms with Crippen molar-refractivity contribution in [2.24, 2.45) is 0 Å². The minimum atomic E-state index is -0.974. The molecule has 1 aromatic heterocycles. The Balaban J connectivity index is 1.80. The molecule has 1 unspecified atom stereocenters. The number of carboxylic acids is 1. The molecule has 116 valence electrons. The fraction of sp³-hybridized carbons (Fsp3) is 0.312. The summed E-state index contributed by atoms with van der Waals surface area (Å²) in [6.45, 7) is 1.87. The highest BCUT2D eigenvalue weighted by molar-refractivity contribution is 5.89. The van der Waals surface area contributed by atoms with Crippen molar-refractivity contribution in [3.05, 3.63) is 48.2 Å². The van der Waals surface area contributed by atoms with E-state index in [1.54, 1.807) is 6.07 Å².